The minimum atomic E-state index is -0.904. The molecule has 3 N–H and O–H groups in total. The molecule has 0 aliphatic heterocycles. The molecule has 0 saturated heterocycles. The third-order valence-corrected chi connectivity index (χ3v) is 3.21. The number of nitrogens with one attached hydrogen (secondary N) is 1. The molecule has 2 rings (SSSR count). The Morgan fingerprint density at radius 1 is 1.61 bits per heavy atom. The Kier molecular flexibility index (Phi) is 3.41. The number of halogens is 1. The summed E-state index contributed by atoms with van der Waals surface area (Å²) in [5.74, 6) is 0.296. The fourth-order valence-electron chi connectivity index (χ4n) is 1.66. The maximum Gasteiger partial charge on any atom is 0.246 e. The molecule has 0 aromatic carbocycles. The van der Waals surface area contributed by atoms with E-state index in [2.05, 4.69) is 15.3 Å². The van der Waals surface area contributed by atoms with Crippen LogP contribution in [0.15, 0.2) is 6.07 Å². The molecule has 1 atom stereocenters. The fraction of sp³-hybridized carbons (Fsp3) is 0.545. The van der Waals surface area contributed by atoms with Crippen LogP contribution in [0.5, 0.6) is 5.88 Å². The van der Waals surface area contributed by atoms with Crippen LogP contribution in [0.25, 0.3) is 0 Å². The number of aromatic nitrogens is 2. The predicted molar refractivity (Wildman–Crippen MR) is 67.5 cm³/mol. The highest BCUT2D eigenvalue weighted by molar-refractivity contribution is 6.29. The van der Waals surface area contributed by atoms with Gasteiger partial charge in [-0.15, -0.1) is 0 Å². The number of anilines is 1. The second kappa shape index (κ2) is 4.70. The quantitative estimate of drug-likeness (QED) is 0.803. The van der Waals surface area contributed by atoms with E-state index < -0.39 is 5.54 Å². The van der Waals surface area contributed by atoms with Crippen molar-refractivity contribution in [3.05, 3.63) is 11.2 Å². The van der Waals surface area contributed by atoms with Crippen LogP contribution in [0.3, 0.4) is 0 Å². The number of nitrogens with zero attached hydrogens (tertiary/aromatic N) is 2. The van der Waals surface area contributed by atoms with E-state index in [0.29, 0.717) is 0 Å². The van der Waals surface area contributed by atoms with Gasteiger partial charge in [-0.05, 0) is 25.7 Å². The van der Waals surface area contributed by atoms with Gasteiger partial charge in [-0.1, -0.05) is 11.6 Å². The Labute approximate surface area is 110 Å². The zero-order valence-corrected chi connectivity index (χ0v) is 11.0. The van der Waals surface area contributed by atoms with Crippen LogP contribution in [-0.4, -0.2) is 28.5 Å². The molecule has 1 aromatic rings. The maximum absolute atomic E-state index is 12.0. The monoisotopic (exact) mass is 270 g/mol. The molecule has 7 heteroatoms. The number of amides is 1. The first-order valence-electron chi connectivity index (χ1n) is 5.62. The van der Waals surface area contributed by atoms with Crippen molar-refractivity contribution in [2.45, 2.75) is 25.3 Å². The van der Waals surface area contributed by atoms with Crippen molar-refractivity contribution >= 4 is 23.5 Å². The highest BCUT2D eigenvalue weighted by atomic mass is 35.5. The first kappa shape index (κ1) is 13.0. The first-order chi connectivity index (χ1) is 8.43. The van der Waals surface area contributed by atoms with Crippen LogP contribution in [0.4, 0.5) is 5.95 Å². The second-order valence-electron chi connectivity index (χ2n) is 4.57. The second-order valence-corrected chi connectivity index (χ2v) is 4.95. The zero-order chi connectivity index (χ0) is 13.3. The lowest BCUT2D eigenvalue weighted by atomic mass is 9.96. The van der Waals surface area contributed by atoms with Crippen molar-refractivity contribution in [1.82, 2.24) is 9.97 Å². The van der Waals surface area contributed by atoms with E-state index in [4.69, 9.17) is 22.1 Å². The van der Waals surface area contributed by atoms with E-state index >= 15 is 0 Å². The van der Waals surface area contributed by atoms with Crippen LogP contribution >= 0.6 is 11.6 Å². The summed E-state index contributed by atoms with van der Waals surface area (Å²) < 4.78 is 4.94. The van der Waals surface area contributed by atoms with E-state index in [1.165, 1.54) is 13.2 Å². The molecule has 1 unspecified atom stereocenters. The Bertz CT molecular complexity index is 474. The predicted octanol–water partition coefficient (Wildman–Crippen LogP) is 1.20. The van der Waals surface area contributed by atoms with Gasteiger partial charge in [-0.2, -0.15) is 4.98 Å². The summed E-state index contributed by atoms with van der Waals surface area (Å²) in [6, 6.07) is 1.46. The lowest BCUT2D eigenvalue weighted by molar-refractivity contribution is -0.121. The molecule has 0 spiro atoms. The van der Waals surface area contributed by atoms with Gasteiger partial charge in [0.15, 0.2) is 0 Å². The molecule has 0 bridgehead atoms. The number of carbonyl (C=O) groups is 1. The molecule has 6 nitrogen and oxygen atoms in total. The lowest BCUT2D eigenvalue weighted by Crippen LogP contribution is -2.50. The van der Waals surface area contributed by atoms with Crippen LogP contribution in [0, 0.1) is 5.92 Å². The van der Waals surface area contributed by atoms with Gasteiger partial charge in [-0.3, -0.25) is 10.1 Å². The van der Waals surface area contributed by atoms with E-state index in [9.17, 15) is 4.79 Å². The smallest absolute Gasteiger partial charge is 0.246 e. The average Bonchev–Trinajstić information content (AvgIpc) is 3.11. The first-order valence-corrected chi connectivity index (χ1v) is 6.00. The average molecular weight is 271 g/mol. The molecule has 1 aromatic heterocycles. The Morgan fingerprint density at radius 3 is 2.83 bits per heavy atom. The van der Waals surface area contributed by atoms with Gasteiger partial charge >= 0.3 is 0 Å². The minimum absolute atomic E-state index is 0.0988. The van der Waals surface area contributed by atoms with Crippen molar-refractivity contribution in [3.63, 3.8) is 0 Å². The van der Waals surface area contributed by atoms with E-state index in [1.54, 1.807) is 6.92 Å². The van der Waals surface area contributed by atoms with Crippen molar-refractivity contribution in [2.24, 2.45) is 11.7 Å². The van der Waals surface area contributed by atoms with Gasteiger partial charge in [-0.25, -0.2) is 4.98 Å². The van der Waals surface area contributed by atoms with Crippen LogP contribution in [0.2, 0.25) is 5.15 Å². The Balaban J connectivity index is 2.13. The van der Waals surface area contributed by atoms with Crippen molar-refractivity contribution < 1.29 is 9.53 Å². The van der Waals surface area contributed by atoms with E-state index in [0.717, 1.165) is 12.8 Å². The molecule has 1 aliphatic carbocycles. The molecule has 98 valence electrons. The number of hydrogen-bond donors (Lipinski definition) is 2. The highest BCUT2D eigenvalue weighted by Crippen LogP contribution is 2.38. The minimum Gasteiger partial charge on any atom is -0.481 e. The molecule has 1 heterocycles. The van der Waals surface area contributed by atoms with E-state index in [-0.39, 0.29) is 28.8 Å². The number of carbonyl (C=O) groups excluding carboxylic acids is 1. The molecular formula is C11H15ClN4O2. The zero-order valence-electron chi connectivity index (χ0n) is 10.2. The summed E-state index contributed by atoms with van der Waals surface area (Å²) in [6.45, 7) is 1.71. The maximum atomic E-state index is 12.0. The van der Waals surface area contributed by atoms with Gasteiger partial charge < -0.3 is 10.5 Å². The molecule has 1 saturated carbocycles. The summed E-state index contributed by atoms with van der Waals surface area (Å²) in [6.07, 6.45) is 1.94. The Morgan fingerprint density at radius 2 is 2.28 bits per heavy atom. The molecular weight excluding hydrogens is 256 g/mol. The topological polar surface area (TPSA) is 90.1 Å². The van der Waals surface area contributed by atoms with Crippen LogP contribution in [-0.2, 0) is 4.79 Å². The number of nitrogens with two attached hydrogens (primary N) is 1. The molecule has 1 fully saturated rings. The van der Waals surface area contributed by atoms with E-state index in [1.807, 2.05) is 0 Å². The van der Waals surface area contributed by atoms with Crippen molar-refractivity contribution in [2.75, 3.05) is 12.4 Å². The molecule has 1 aliphatic rings. The summed E-state index contributed by atoms with van der Waals surface area (Å²) in [4.78, 5) is 19.9. The number of rotatable bonds is 4. The van der Waals surface area contributed by atoms with Crippen molar-refractivity contribution in [1.29, 1.82) is 0 Å². The normalized spacial score (nSPS) is 18.0. The summed E-state index contributed by atoms with van der Waals surface area (Å²) in [7, 11) is 1.46. The molecule has 18 heavy (non-hydrogen) atoms. The van der Waals surface area contributed by atoms with Crippen LogP contribution < -0.4 is 15.8 Å². The largest absolute Gasteiger partial charge is 0.481 e. The van der Waals surface area contributed by atoms with Gasteiger partial charge in [0.1, 0.15) is 5.15 Å². The summed E-state index contributed by atoms with van der Waals surface area (Å²) >= 11 is 5.79. The van der Waals surface area contributed by atoms with Gasteiger partial charge in [0, 0.05) is 6.07 Å². The third-order valence-electron chi connectivity index (χ3n) is 3.02. The summed E-state index contributed by atoms with van der Waals surface area (Å²) in [5.41, 5.74) is 5.09. The Hall–Kier alpha value is -1.40. The number of hydrogen-bond acceptors (Lipinski definition) is 5. The standard InChI is InChI=1S/C11H15ClN4O2/c1-11(13,6-3-4-6)9(17)16-10-14-7(12)5-8(15-10)18-2/h5-6H,3-4,13H2,1-2H3,(H,14,15,16,17). The highest BCUT2D eigenvalue weighted by Gasteiger charge is 2.44. The third kappa shape index (κ3) is 2.70. The lowest BCUT2D eigenvalue weighted by Gasteiger charge is -2.22. The van der Waals surface area contributed by atoms with Gasteiger partial charge in [0.2, 0.25) is 17.7 Å². The van der Waals surface area contributed by atoms with Crippen molar-refractivity contribution in [3.8, 4) is 5.88 Å². The van der Waals surface area contributed by atoms with Gasteiger partial charge in [0.05, 0.1) is 12.6 Å². The number of ether oxygens (including phenoxy) is 1. The van der Waals surface area contributed by atoms with Crippen LogP contribution in [0.1, 0.15) is 19.8 Å². The molecule has 0 radical (unpaired) electrons. The summed E-state index contributed by atoms with van der Waals surface area (Å²) in [5, 5.41) is 2.77. The fourth-order valence-corrected chi connectivity index (χ4v) is 1.84. The SMILES string of the molecule is COc1cc(Cl)nc(NC(=O)C(C)(N)C2CC2)n1. The molecule has 1 amide bonds. The van der Waals surface area contributed by atoms with Gasteiger partial charge in [0.25, 0.3) is 0 Å². The number of methoxy groups -OCH3 is 1.